The molecule has 4 atom stereocenters. The maximum atomic E-state index is 10.2. The van der Waals surface area contributed by atoms with Gasteiger partial charge in [-0.05, 0) is 6.42 Å². The van der Waals surface area contributed by atoms with E-state index < -0.39 is 31.2 Å². The minimum atomic E-state index is -1.38. The third-order valence-corrected chi connectivity index (χ3v) is 2.44. The Bertz CT molecular complexity index is 244. The van der Waals surface area contributed by atoms with Crippen molar-refractivity contribution >= 4 is 6.03 Å². The van der Waals surface area contributed by atoms with E-state index in [1.54, 1.807) is 0 Å². The lowest BCUT2D eigenvalue weighted by atomic mass is 10.1. The lowest BCUT2D eigenvalue weighted by Crippen LogP contribution is -2.42. The Morgan fingerprint density at radius 2 is 1.76 bits per heavy atom. The van der Waals surface area contributed by atoms with Gasteiger partial charge in [0.25, 0.3) is 0 Å². The Hall–Kier alpha value is -0.930. The summed E-state index contributed by atoms with van der Waals surface area (Å²) in [6, 6.07) is -0.0359. The maximum absolute atomic E-state index is 10.2. The molecule has 1 unspecified atom stereocenters. The van der Waals surface area contributed by atoms with Crippen LogP contribution >= 0.6 is 0 Å². The summed E-state index contributed by atoms with van der Waals surface area (Å²) in [6.45, 7) is 1.24. The number of hydrogen-bond acceptors (Lipinski definition) is 6. The second-order valence-electron chi connectivity index (χ2n) is 3.77. The normalized spacial score (nSPS) is 36.6. The Morgan fingerprint density at radius 3 is 2.00 bits per heavy atom. The molecule has 0 spiro atoms. The van der Waals surface area contributed by atoms with Crippen LogP contribution in [0.3, 0.4) is 0 Å². The summed E-state index contributed by atoms with van der Waals surface area (Å²) in [4.78, 5) is 10.2. The Kier molecular flexibility index (Phi) is 5.59. The summed E-state index contributed by atoms with van der Waals surface area (Å²) >= 11 is 0. The highest BCUT2D eigenvalue weighted by atomic mass is 16.6. The molecular weight excluding hydrogens is 232 g/mol. The fourth-order valence-corrected chi connectivity index (χ4v) is 1.43. The molecule has 17 heavy (non-hydrogen) atoms. The lowest BCUT2D eigenvalue weighted by molar-refractivity contribution is -0.132. The van der Waals surface area contributed by atoms with Gasteiger partial charge in [-0.2, -0.15) is 0 Å². The molecule has 6 N–H and O–H groups in total. The largest absolute Gasteiger partial charge is 0.394 e. The number of ether oxygens (including phenoxy) is 1. The number of aliphatic hydroxyl groups excluding tert-OH is 4. The Balaban J connectivity index is 0.000000181. The number of carbonyl (C=O) groups excluding carboxylic acids is 1. The van der Waals surface area contributed by atoms with Gasteiger partial charge in [-0.1, -0.05) is 0 Å². The molecule has 0 aromatic carbocycles. The van der Waals surface area contributed by atoms with E-state index in [1.165, 1.54) is 0 Å². The fourth-order valence-electron chi connectivity index (χ4n) is 1.43. The van der Waals surface area contributed by atoms with Crippen LogP contribution in [0.2, 0.25) is 0 Å². The number of amides is 2. The molecule has 2 heterocycles. The summed E-state index contributed by atoms with van der Waals surface area (Å²) < 4.78 is 4.54. The fraction of sp³-hybridized carbons (Fsp3) is 0.889. The van der Waals surface area contributed by atoms with Crippen molar-refractivity contribution < 1.29 is 30.0 Å². The topological polar surface area (TPSA) is 131 Å². The quantitative estimate of drug-likeness (QED) is 0.296. The van der Waals surface area contributed by atoms with Crippen molar-refractivity contribution in [1.29, 1.82) is 0 Å². The third-order valence-electron chi connectivity index (χ3n) is 2.44. The maximum Gasteiger partial charge on any atom is 0.314 e. The van der Waals surface area contributed by atoms with E-state index in [-0.39, 0.29) is 6.03 Å². The summed E-state index contributed by atoms with van der Waals surface area (Å²) in [7, 11) is 0. The van der Waals surface area contributed by atoms with Crippen LogP contribution in [0.25, 0.3) is 0 Å². The van der Waals surface area contributed by atoms with Gasteiger partial charge >= 0.3 is 6.03 Å². The predicted octanol–water partition coefficient (Wildman–Crippen LogP) is -2.89. The van der Waals surface area contributed by atoms with Gasteiger partial charge in [0.1, 0.15) is 18.3 Å². The van der Waals surface area contributed by atoms with E-state index in [2.05, 4.69) is 15.4 Å². The van der Waals surface area contributed by atoms with Crippen molar-refractivity contribution in [2.24, 2.45) is 0 Å². The van der Waals surface area contributed by atoms with Crippen molar-refractivity contribution in [3.05, 3.63) is 0 Å². The molecule has 2 amide bonds. The molecule has 0 aromatic rings. The highest BCUT2D eigenvalue weighted by Gasteiger charge is 2.41. The van der Waals surface area contributed by atoms with E-state index in [0.717, 1.165) is 19.5 Å². The van der Waals surface area contributed by atoms with Gasteiger partial charge in [0, 0.05) is 13.1 Å². The van der Waals surface area contributed by atoms with Crippen LogP contribution in [-0.2, 0) is 4.74 Å². The highest BCUT2D eigenvalue weighted by Crippen LogP contribution is 2.18. The first-order valence-electron chi connectivity index (χ1n) is 5.38. The molecule has 0 radical (unpaired) electrons. The standard InChI is InChI=1S/C5H10O5.C4H8N2O/c6-1-2-3(7)4(8)5(9)10-2;7-4-5-2-1-3-6-4/h2-9H,1H2;1-3H2,(H2,5,6,7)/t2-,3-,4-,5?;/m1./s1. The number of rotatable bonds is 1. The third kappa shape index (κ3) is 4.10. The summed E-state index contributed by atoms with van der Waals surface area (Å²) in [6.07, 6.45) is -3.71. The molecule has 0 aliphatic carbocycles. The first-order chi connectivity index (χ1) is 8.06. The molecule has 8 heteroatoms. The van der Waals surface area contributed by atoms with Gasteiger partial charge in [-0.25, -0.2) is 4.79 Å². The van der Waals surface area contributed by atoms with Gasteiger partial charge in [0.2, 0.25) is 0 Å². The lowest BCUT2D eigenvalue weighted by Gasteiger charge is -2.11. The molecule has 100 valence electrons. The van der Waals surface area contributed by atoms with Crippen LogP contribution in [0.5, 0.6) is 0 Å². The zero-order valence-electron chi connectivity index (χ0n) is 9.24. The zero-order valence-corrected chi connectivity index (χ0v) is 9.24. The van der Waals surface area contributed by atoms with Gasteiger partial charge in [0.15, 0.2) is 6.29 Å². The molecule has 0 aromatic heterocycles. The first-order valence-corrected chi connectivity index (χ1v) is 5.38. The van der Waals surface area contributed by atoms with Crippen LogP contribution in [0.1, 0.15) is 6.42 Å². The highest BCUT2D eigenvalue weighted by molar-refractivity contribution is 5.74. The van der Waals surface area contributed by atoms with Crippen LogP contribution in [0.15, 0.2) is 0 Å². The smallest absolute Gasteiger partial charge is 0.314 e. The predicted molar refractivity (Wildman–Crippen MR) is 56.0 cm³/mol. The molecule has 2 saturated heterocycles. The summed E-state index contributed by atoms with van der Waals surface area (Å²) in [5.74, 6) is 0. The Morgan fingerprint density at radius 1 is 1.18 bits per heavy atom. The van der Waals surface area contributed by atoms with E-state index in [9.17, 15) is 4.79 Å². The average molecular weight is 250 g/mol. The molecule has 2 rings (SSSR count). The van der Waals surface area contributed by atoms with Crippen molar-refractivity contribution in [1.82, 2.24) is 10.6 Å². The van der Waals surface area contributed by atoms with E-state index in [4.69, 9.17) is 20.4 Å². The monoisotopic (exact) mass is 250 g/mol. The molecule has 0 bridgehead atoms. The van der Waals surface area contributed by atoms with Crippen LogP contribution in [-0.4, -0.2) is 70.8 Å². The second kappa shape index (κ2) is 6.72. The van der Waals surface area contributed by atoms with Crippen molar-refractivity contribution in [3.63, 3.8) is 0 Å². The SMILES string of the molecule is O=C1NCCCN1.OC[C@H]1OC(O)[C@H](O)[C@@H]1O. The first kappa shape index (κ1) is 14.1. The number of carbonyl (C=O) groups is 1. The van der Waals surface area contributed by atoms with E-state index in [1.807, 2.05) is 0 Å². The van der Waals surface area contributed by atoms with E-state index in [0.29, 0.717) is 0 Å². The number of nitrogens with one attached hydrogen (secondary N) is 2. The molecule has 8 nitrogen and oxygen atoms in total. The minimum absolute atomic E-state index is 0.0359. The Labute approximate surface area is 98.2 Å². The minimum Gasteiger partial charge on any atom is -0.394 e. The number of aliphatic hydroxyl groups is 4. The van der Waals surface area contributed by atoms with Gasteiger partial charge in [0.05, 0.1) is 6.61 Å². The molecule has 2 aliphatic rings. The number of urea groups is 1. The average Bonchev–Trinajstić information content (AvgIpc) is 2.58. The van der Waals surface area contributed by atoms with Crippen molar-refractivity contribution in [2.45, 2.75) is 31.0 Å². The van der Waals surface area contributed by atoms with Crippen LogP contribution < -0.4 is 10.6 Å². The second-order valence-corrected chi connectivity index (χ2v) is 3.77. The molecular formula is C9H18N2O6. The zero-order chi connectivity index (χ0) is 12.8. The molecule has 2 fully saturated rings. The van der Waals surface area contributed by atoms with Crippen molar-refractivity contribution in [3.8, 4) is 0 Å². The molecule has 2 aliphatic heterocycles. The number of hydrogen-bond donors (Lipinski definition) is 6. The van der Waals surface area contributed by atoms with Crippen molar-refractivity contribution in [2.75, 3.05) is 19.7 Å². The summed E-state index contributed by atoms with van der Waals surface area (Å²) in [5.41, 5.74) is 0. The molecule has 0 saturated carbocycles. The van der Waals surface area contributed by atoms with Gasteiger partial charge in [-0.3, -0.25) is 0 Å². The van der Waals surface area contributed by atoms with Gasteiger partial charge < -0.3 is 35.8 Å². The van der Waals surface area contributed by atoms with E-state index >= 15 is 0 Å². The van der Waals surface area contributed by atoms with Crippen LogP contribution in [0, 0.1) is 0 Å². The summed E-state index contributed by atoms with van der Waals surface area (Å²) in [5, 5.41) is 40.2. The van der Waals surface area contributed by atoms with Crippen LogP contribution in [0.4, 0.5) is 4.79 Å². The van der Waals surface area contributed by atoms with Gasteiger partial charge in [-0.15, -0.1) is 0 Å².